The SMILES string of the molecule is CCCCCNC(=O)[C@H](C)N(Cc1ccccc1)C(=O)COc1ccccc1. The molecule has 2 rings (SSSR count). The van der Waals surface area contributed by atoms with Crippen molar-refractivity contribution < 1.29 is 14.3 Å². The maximum absolute atomic E-state index is 12.9. The van der Waals surface area contributed by atoms with Crippen molar-refractivity contribution >= 4 is 11.8 Å². The Morgan fingerprint density at radius 3 is 2.29 bits per heavy atom. The molecule has 0 aromatic heterocycles. The molecule has 0 saturated heterocycles. The lowest BCUT2D eigenvalue weighted by molar-refractivity contribution is -0.142. The van der Waals surface area contributed by atoms with E-state index in [0.717, 1.165) is 24.8 Å². The highest BCUT2D eigenvalue weighted by Crippen LogP contribution is 2.12. The molecular weight excluding hydrogens is 352 g/mol. The quantitative estimate of drug-likeness (QED) is 0.602. The van der Waals surface area contributed by atoms with Gasteiger partial charge in [0.1, 0.15) is 11.8 Å². The number of rotatable bonds is 11. The zero-order valence-corrected chi connectivity index (χ0v) is 16.8. The predicted octanol–water partition coefficient (Wildman–Crippen LogP) is 3.79. The van der Waals surface area contributed by atoms with Crippen molar-refractivity contribution in [1.29, 1.82) is 0 Å². The Labute approximate surface area is 167 Å². The number of hydrogen-bond donors (Lipinski definition) is 1. The monoisotopic (exact) mass is 382 g/mol. The minimum Gasteiger partial charge on any atom is -0.484 e. The van der Waals surface area contributed by atoms with Gasteiger partial charge >= 0.3 is 0 Å². The lowest BCUT2D eigenvalue weighted by atomic mass is 10.1. The molecule has 0 aliphatic carbocycles. The molecule has 0 fully saturated rings. The highest BCUT2D eigenvalue weighted by Gasteiger charge is 2.26. The summed E-state index contributed by atoms with van der Waals surface area (Å²) in [4.78, 5) is 27.0. The van der Waals surface area contributed by atoms with Gasteiger partial charge in [-0.1, -0.05) is 68.3 Å². The Morgan fingerprint density at radius 2 is 1.64 bits per heavy atom. The van der Waals surface area contributed by atoms with Gasteiger partial charge in [0.25, 0.3) is 5.91 Å². The summed E-state index contributed by atoms with van der Waals surface area (Å²) in [5.74, 6) is 0.274. The molecule has 0 aliphatic heterocycles. The Kier molecular flexibility index (Phi) is 9.05. The molecule has 0 unspecified atom stereocenters. The topological polar surface area (TPSA) is 58.6 Å². The summed E-state index contributed by atoms with van der Waals surface area (Å²) in [6.45, 7) is 4.77. The van der Waals surface area contributed by atoms with Crippen LogP contribution in [-0.2, 0) is 16.1 Å². The average Bonchev–Trinajstić information content (AvgIpc) is 2.74. The van der Waals surface area contributed by atoms with E-state index in [1.165, 1.54) is 0 Å². The molecule has 5 nitrogen and oxygen atoms in total. The van der Waals surface area contributed by atoms with Crippen LogP contribution >= 0.6 is 0 Å². The minimum atomic E-state index is -0.575. The van der Waals surface area contributed by atoms with Crippen LogP contribution in [0.2, 0.25) is 0 Å². The molecule has 1 N–H and O–H groups in total. The summed E-state index contributed by atoms with van der Waals surface area (Å²) in [7, 11) is 0. The third-order valence-corrected chi connectivity index (χ3v) is 4.55. The largest absolute Gasteiger partial charge is 0.484 e. The van der Waals surface area contributed by atoms with Gasteiger partial charge in [0.15, 0.2) is 6.61 Å². The molecule has 0 aliphatic rings. The molecule has 2 amide bonds. The fourth-order valence-corrected chi connectivity index (χ4v) is 2.84. The van der Waals surface area contributed by atoms with Gasteiger partial charge < -0.3 is 15.0 Å². The predicted molar refractivity (Wildman–Crippen MR) is 111 cm³/mol. The van der Waals surface area contributed by atoms with Crippen LogP contribution in [0.4, 0.5) is 0 Å². The Bertz CT molecular complexity index is 719. The van der Waals surface area contributed by atoms with Gasteiger partial charge in [-0.3, -0.25) is 9.59 Å². The first-order valence-corrected chi connectivity index (χ1v) is 9.90. The summed E-state index contributed by atoms with van der Waals surface area (Å²) < 4.78 is 5.61. The van der Waals surface area contributed by atoms with E-state index in [0.29, 0.717) is 18.8 Å². The summed E-state index contributed by atoms with van der Waals surface area (Å²) in [6, 6.07) is 18.3. The second-order valence-corrected chi connectivity index (χ2v) is 6.78. The zero-order chi connectivity index (χ0) is 20.2. The smallest absolute Gasteiger partial charge is 0.261 e. The fourth-order valence-electron chi connectivity index (χ4n) is 2.84. The summed E-state index contributed by atoms with van der Waals surface area (Å²) in [5, 5.41) is 2.94. The van der Waals surface area contributed by atoms with E-state index in [2.05, 4.69) is 12.2 Å². The first-order chi connectivity index (χ1) is 13.6. The van der Waals surface area contributed by atoms with E-state index < -0.39 is 6.04 Å². The molecule has 150 valence electrons. The molecule has 1 atom stereocenters. The van der Waals surface area contributed by atoms with Crippen LogP contribution in [0.25, 0.3) is 0 Å². The minimum absolute atomic E-state index is 0.107. The van der Waals surface area contributed by atoms with Crippen molar-refractivity contribution in [2.24, 2.45) is 0 Å². The van der Waals surface area contributed by atoms with Gasteiger partial charge in [-0.15, -0.1) is 0 Å². The summed E-state index contributed by atoms with van der Waals surface area (Å²) >= 11 is 0. The first-order valence-electron chi connectivity index (χ1n) is 9.90. The number of benzene rings is 2. The first kappa shape index (κ1) is 21.5. The molecule has 0 radical (unpaired) electrons. The van der Waals surface area contributed by atoms with Crippen molar-refractivity contribution in [2.75, 3.05) is 13.2 Å². The average molecular weight is 383 g/mol. The number of carbonyl (C=O) groups is 2. The van der Waals surface area contributed by atoms with Crippen LogP contribution < -0.4 is 10.1 Å². The van der Waals surface area contributed by atoms with Gasteiger partial charge in [-0.25, -0.2) is 0 Å². The van der Waals surface area contributed by atoms with Gasteiger partial charge in [0.2, 0.25) is 5.91 Å². The van der Waals surface area contributed by atoms with Gasteiger partial charge in [0.05, 0.1) is 0 Å². The maximum atomic E-state index is 12.9. The van der Waals surface area contributed by atoms with Crippen molar-refractivity contribution in [3.8, 4) is 5.75 Å². The highest BCUT2D eigenvalue weighted by atomic mass is 16.5. The molecule has 0 spiro atoms. The van der Waals surface area contributed by atoms with Gasteiger partial charge in [-0.2, -0.15) is 0 Å². The fraction of sp³-hybridized carbons (Fsp3) is 0.391. The maximum Gasteiger partial charge on any atom is 0.261 e. The number of carbonyl (C=O) groups excluding carboxylic acids is 2. The molecule has 0 heterocycles. The highest BCUT2D eigenvalue weighted by molar-refractivity contribution is 5.87. The van der Waals surface area contributed by atoms with Crippen LogP contribution in [0.1, 0.15) is 38.7 Å². The molecule has 2 aromatic carbocycles. The normalized spacial score (nSPS) is 11.5. The second-order valence-electron chi connectivity index (χ2n) is 6.78. The van der Waals surface area contributed by atoms with Crippen molar-refractivity contribution in [3.05, 3.63) is 66.2 Å². The van der Waals surface area contributed by atoms with E-state index >= 15 is 0 Å². The third-order valence-electron chi connectivity index (χ3n) is 4.55. The molecule has 0 bridgehead atoms. The van der Waals surface area contributed by atoms with Crippen molar-refractivity contribution in [1.82, 2.24) is 10.2 Å². The van der Waals surface area contributed by atoms with E-state index in [1.807, 2.05) is 48.5 Å². The summed E-state index contributed by atoms with van der Waals surface area (Å²) in [6.07, 6.45) is 3.12. The number of hydrogen-bond acceptors (Lipinski definition) is 3. The Morgan fingerprint density at radius 1 is 1.00 bits per heavy atom. The lowest BCUT2D eigenvalue weighted by Gasteiger charge is -2.28. The Hall–Kier alpha value is -2.82. The second kappa shape index (κ2) is 11.8. The van der Waals surface area contributed by atoms with E-state index in [9.17, 15) is 9.59 Å². The summed E-state index contributed by atoms with van der Waals surface area (Å²) in [5.41, 5.74) is 0.973. The van der Waals surface area contributed by atoms with Crippen LogP contribution in [-0.4, -0.2) is 35.9 Å². The molecule has 5 heteroatoms. The van der Waals surface area contributed by atoms with E-state index in [1.54, 1.807) is 24.0 Å². The lowest BCUT2D eigenvalue weighted by Crippen LogP contribution is -2.49. The molecule has 0 saturated carbocycles. The number of unbranched alkanes of at least 4 members (excludes halogenated alkanes) is 2. The van der Waals surface area contributed by atoms with Crippen LogP contribution in [0.3, 0.4) is 0 Å². The van der Waals surface area contributed by atoms with Crippen molar-refractivity contribution in [2.45, 2.75) is 45.7 Å². The van der Waals surface area contributed by atoms with Crippen LogP contribution in [0, 0.1) is 0 Å². The number of para-hydroxylation sites is 1. The van der Waals surface area contributed by atoms with Crippen molar-refractivity contribution in [3.63, 3.8) is 0 Å². The molecule has 28 heavy (non-hydrogen) atoms. The van der Waals surface area contributed by atoms with Gasteiger partial charge in [0, 0.05) is 13.1 Å². The number of ether oxygens (including phenoxy) is 1. The van der Waals surface area contributed by atoms with Crippen LogP contribution in [0.15, 0.2) is 60.7 Å². The van der Waals surface area contributed by atoms with Gasteiger partial charge in [-0.05, 0) is 31.0 Å². The third kappa shape index (κ3) is 7.06. The number of amides is 2. The molecule has 2 aromatic rings. The number of nitrogens with zero attached hydrogens (tertiary/aromatic N) is 1. The standard InChI is InChI=1S/C23H30N2O3/c1-3-4-11-16-24-23(27)19(2)25(17-20-12-7-5-8-13-20)22(26)18-28-21-14-9-6-10-15-21/h5-10,12-15,19H,3-4,11,16-18H2,1-2H3,(H,24,27)/t19-/m0/s1. The number of nitrogens with one attached hydrogen (secondary N) is 1. The van der Waals surface area contributed by atoms with E-state index in [4.69, 9.17) is 4.74 Å². The molecular formula is C23H30N2O3. The Balaban J connectivity index is 2.02. The van der Waals surface area contributed by atoms with Crippen LogP contribution in [0.5, 0.6) is 5.75 Å². The zero-order valence-electron chi connectivity index (χ0n) is 16.8. The van der Waals surface area contributed by atoms with E-state index in [-0.39, 0.29) is 18.4 Å².